The topological polar surface area (TPSA) is 63.4 Å². The molecule has 0 aliphatic carbocycles. The molecule has 2 rings (SSSR count). The summed E-state index contributed by atoms with van der Waals surface area (Å²) in [5.41, 5.74) is -0.0286. The van der Waals surface area contributed by atoms with Crippen molar-refractivity contribution in [1.82, 2.24) is 4.90 Å². The van der Waals surface area contributed by atoms with Crippen molar-refractivity contribution < 1.29 is 9.72 Å². The van der Waals surface area contributed by atoms with Crippen LogP contribution in [-0.2, 0) is 4.79 Å². The first kappa shape index (κ1) is 19.2. The van der Waals surface area contributed by atoms with E-state index in [1.807, 2.05) is 0 Å². The molecule has 0 radical (unpaired) electrons. The number of hydrogen-bond acceptors (Lipinski definition) is 6. The van der Waals surface area contributed by atoms with Gasteiger partial charge in [0, 0.05) is 20.9 Å². The van der Waals surface area contributed by atoms with Gasteiger partial charge in [-0.15, -0.1) is 11.3 Å². The first-order chi connectivity index (χ1) is 11.2. The maximum Gasteiger partial charge on any atom is 0.294 e. The number of halogens is 2. The Morgan fingerprint density at radius 1 is 1.33 bits per heavy atom. The Labute approximate surface area is 157 Å². The van der Waals surface area contributed by atoms with Gasteiger partial charge in [0.1, 0.15) is 10.3 Å². The van der Waals surface area contributed by atoms with Gasteiger partial charge in [-0.1, -0.05) is 35.0 Å². The molecule has 128 valence electrons. The molecule has 0 spiro atoms. The van der Waals surface area contributed by atoms with E-state index in [1.54, 1.807) is 37.2 Å². The van der Waals surface area contributed by atoms with Gasteiger partial charge in [-0.25, -0.2) is 0 Å². The lowest BCUT2D eigenvalue weighted by atomic mass is 10.1. The number of Topliss-reactive ketones (excluding diaryl/α,β-unsaturated/α-hetero) is 1. The van der Waals surface area contributed by atoms with Gasteiger partial charge in [0.15, 0.2) is 5.78 Å². The molecule has 0 aliphatic rings. The molecule has 1 aromatic heterocycles. The maximum atomic E-state index is 11.9. The van der Waals surface area contributed by atoms with E-state index in [-0.39, 0.29) is 11.5 Å². The summed E-state index contributed by atoms with van der Waals surface area (Å²) in [6, 6.07) is 5.93. The third-order valence-electron chi connectivity index (χ3n) is 3.16. The van der Waals surface area contributed by atoms with Crippen LogP contribution in [0.3, 0.4) is 0 Å². The quantitative estimate of drug-likeness (QED) is 0.482. The molecule has 1 unspecified atom stereocenters. The summed E-state index contributed by atoms with van der Waals surface area (Å²) in [4.78, 5) is 25.8. The Balaban J connectivity index is 2.45. The summed E-state index contributed by atoms with van der Waals surface area (Å²) in [5, 5.41) is 12.3. The zero-order valence-corrected chi connectivity index (χ0v) is 16.2. The highest BCUT2D eigenvalue weighted by molar-refractivity contribution is 8.01. The third-order valence-corrected chi connectivity index (χ3v) is 6.26. The zero-order valence-electron chi connectivity index (χ0n) is 13.1. The zero-order chi connectivity index (χ0) is 18.0. The molecule has 0 saturated carbocycles. The van der Waals surface area contributed by atoms with Crippen LogP contribution in [0.15, 0.2) is 33.4 Å². The highest BCUT2D eigenvalue weighted by Gasteiger charge is 2.28. The highest BCUT2D eigenvalue weighted by atomic mass is 35.5. The van der Waals surface area contributed by atoms with Crippen molar-refractivity contribution in [3.63, 3.8) is 0 Å². The van der Waals surface area contributed by atoms with Crippen LogP contribution in [-0.4, -0.2) is 29.7 Å². The minimum Gasteiger partial charge on any atom is -0.298 e. The number of thiophene rings is 1. The normalized spacial score (nSPS) is 12.4. The molecule has 5 nitrogen and oxygen atoms in total. The highest BCUT2D eigenvalue weighted by Crippen LogP contribution is 2.45. The molecule has 0 amide bonds. The van der Waals surface area contributed by atoms with Crippen molar-refractivity contribution >= 4 is 57.8 Å². The van der Waals surface area contributed by atoms with Crippen LogP contribution in [0.4, 0.5) is 5.69 Å². The number of benzene rings is 1. The van der Waals surface area contributed by atoms with Crippen LogP contribution in [0.25, 0.3) is 0 Å². The summed E-state index contributed by atoms with van der Waals surface area (Å²) in [5.74, 6) is -0.0720. The lowest BCUT2D eigenvalue weighted by Gasteiger charge is -2.19. The minimum absolute atomic E-state index is 0.0286. The lowest BCUT2D eigenvalue weighted by Crippen LogP contribution is -2.25. The molecule has 2 aromatic rings. The molecular formula is C15H14Cl2N2O3S2. The molecule has 1 atom stereocenters. The van der Waals surface area contributed by atoms with E-state index in [0.717, 1.165) is 0 Å². The molecule has 0 N–H and O–H groups in total. The number of carbonyl (C=O) groups is 1. The lowest BCUT2D eigenvalue weighted by molar-refractivity contribution is -0.387. The molecule has 0 bridgehead atoms. The second-order valence-electron chi connectivity index (χ2n) is 5.23. The van der Waals surface area contributed by atoms with Gasteiger partial charge in [-0.05, 0) is 39.2 Å². The Kier molecular flexibility index (Phi) is 6.28. The Morgan fingerprint density at radius 2 is 2.00 bits per heavy atom. The Morgan fingerprint density at radius 3 is 2.50 bits per heavy atom. The number of nitrogens with zero attached hydrogens (tertiary/aromatic N) is 2. The van der Waals surface area contributed by atoms with Crippen LogP contribution in [0, 0.1) is 10.1 Å². The van der Waals surface area contributed by atoms with Gasteiger partial charge in [0.2, 0.25) is 0 Å². The van der Waals surface area contributed by atoms with E-state index in [2.05, 4.69) is 0 Å². The summed E-state index contributed by atoms with van der Waals surface area (Å²) >= 11 is 14.4. The van der Waals surface area contributed by atoms with Gasteiger partial charge < -0.3 is 0 Å². The average Bonchev–Trinajstić information content (AvgIpc) is 2.84. The van der Waals surface area contributed by atoms with Gasteiger partial charge in [-0.3, -0.25) is 19.8 Å². The van der Waals surface area contributed by atoms with Crippen molar-refractivity contribution in [3.8, 4) is 0 Å². The van der Waals surface area contributed by atoms with E-state index in [0.29, 0.717) is 24.0 Å². The van der Waals surface area contributed by atoms with Crippen molar-refractivity contribution in [2.45, 2.75) is 22.1 Å². The molecule has 1 aromatic carbocycles. The largest absolute Gasteiger partial charge is 0.298 e. The maximum absolute atomic E-state index is 11.9. The second kappa shape index (κ2) is 7.84. The molecule has 9 heteroatoms. The standard InChI is InChI=1S/C15H14Cl2N2O3S2/c1-8(20)14(18(2)3)13-7-11(19(21)22)15(24-13)23-12-5-4-9(16)6-10(12)17/h4-7,14H,1-3H3. The summed E-state index contributed by atoms with van der Waals surface area (Å²) < 4.78 is 0.479. The third kappa shape index (κ3) is 4.29. The first-order valence-corrected chi connectivity index (χ1v) is 9.17. The first-order valence-electron chi connectivity index (χ1n) is 6.78. The Hall–Kier alpha value is -1.12. The molecule has 0 aliphatic heterocycles. The van der Waals surface area contributed by atoms with Gasteiger partial charge >= 0.3 is 0 Å². The molecule has 0 saturated heterocycles. The van der Waals surface area contributed by atoms with Crippen molar-refractivity contribution in [2.24, 2.45) is 0 Å². The monoisotopic (exact) mass is 404 g/mol. The summed E-state index contributed by atoms with van der Waals surface area (Å²) in [6.07, 6.45) is 0. The fourth-order valence-electron chi connectivity index (χ4n) is 2.19. The van der Waals surface area contributed by atoms with Gasteiger partial charge in [0.05, 0.1) is 9.95 Å². The van der Waals surface area contributed by atoms with Gasteiger partial charge in [0.25, 0.3) is 5.69 Å². The van der Waals surface area contributed by atoms with E-state index < -0.39 is 11.0 Å². The number of hydrogen-bond donors (Lipinski definition) is 0. The summed E-state index contributed by atoms with van der Waals surface area (Å²) in [7, 11) is 3.53. The fourth-order valence-corrected chi connectivity index (χ4v) is 5.28. The smallest absolute Gasteiger partial charge is 0.294 e. The molecule has 24 heavy (non-hydrogen) atoms. The number of carbonyl (C=O) groups excluding carboxylic acids is 1. The minimum atomic E-state index is -0.510. The fraction of sp³-hybridized carbons (Fsp3) is 0.267. The molecule has 1 heterocycles. The summed E-state index contributed by atoms with van der Waals surface area (Å²) in [6.45, 7) is 1.47. The van der Waals surface area contributed by atoms with E-state index in [1.165, 1.54) is 36.1 Å². The SMILES string of the molecule is CC(=O)C(c1cc([N+](=O)[O-])c(Sc2ccc(Cl)cc2Cl)s1)N(C)C. The van der Waals surface area contributed by atoms with Crippen molar-refractivity contribution in [3.05, 3.63) is 49.3 Å². The Bertz CT molecular complexity index is 793. The van der Waals surface area contributed by atoms with Crippen LogP contribution in [0.2, 0.25) is 10.0 Å². The number of ketones is 1. The van der Waals surface area contributed by atoms with Crippen molar-refractivity contribution in [1.29, 1.82) is 0 Å². The predicted molar refractivity (Wildman–Crippen MR) is 98.7 cm³/mol. The molecular weight excluding hydrogens is 391 g/mol. The number of nitro groups is 1. The van der Waals surface area contributed by atoms with Gasteiger partial charge in [-0.2, -0.15) is 0 Å². The number of rotatable bonds is 6. The molecule has 0 fully saturated rings. The van der Waals surface area contributed by atoms with Crippen LogP contribution in [0.1, 0.15) is 17.8 Å². The predicted octanol–water partition coefficient (Wildman–Crippen LogP) is 5.31. The van der Waals surface area contributed by atoms with Crippen molar-refractivity contribution in [2.75, 3.05) is 14.1 Å². The second-order valence-corrected chi connectivity index (χ2v) is 8.47. The van der Waals surface area contributed by atoms with Crippen LogP contribution >= 0.6 is 46.3 Å². The van der Waals surface area contributed by atoms with E-state index in [9.17, 15) is 14.9 Å². The van der Waals surface area contributed by atoms with E-state index in [4.69, 9.17) is 23.2 Å². The number of likely N-dealkylation sites (N-methyl/N-ethyl adjacent to an activating group) is 1. The average molecular weight is 405 g/mol. The van der Waals surface area contributed by atoms with E-state index >= 15 is 0 Å². The van der Waals surface area contributed by atoms with Crippen LogP contribution < -0.4 is 0 Å². The van der Waals surface area contributed by atoms with Crippen LogP contribution in [0.5, 0.6) is 0 Å².